The molecule has 8 aromatic rings. The first-order chi connectivity index (χ1) is 25.8. The summed E-state index contributed by atoms with van der Waals surface area (Å²) in [6.45, 7) is 0. The number of para-hydroxylation sites is 2. The first-order valence-corrected chi connectivity index (χ1v) is 17.9. The molecule has 2 unspecified atom stereocenters. The lowest BCUT2D eigenvalue weighted by molar-refractivity contribution is 0.488. The van der Waals surface area contributed by atoms with E-state index in [0.717, 1.165) is 50.7 Å². The monoisotopic (exact) mass is 667 g/mol. The molecular formula is C48H33N3O. The van der Waals surface area contributed by atoms with Crippen molar-refractivity contribution in [3.05, 3.63) is 186 Å². The van der Waals surface area contributed by atoms with Gasteiger partial charge in [-0.2, -0.15) is 0 Å². The number of anilines is 2. The highest BCUT2D eigenvalue weighted by Crippen LogP contribution is 2.49. The molecule has 3 aliphatic heterocycles. The molecule has 52 heavy (non-hydrogen) atoms. The van der Waals surface area contributed by atoms with Crippen LogP contribution in [0.1, 0.15) is 34.3 Å². The lowest BCUT2D eigenvalue weighted by Gasteiger charge is -2.30. The van der Waals surface area contributed by atoms with E-state index in [-0.39, 0.29) is 12.1 Å². The van der Waals surface area contributed by atoms with Gasteiger partial charge >= 0.3 is 0 Å². The normalized spacial score (nSPS) is 16.4. The third-order valence-electron chi connectivity index (χ3n) is 10.8. The van der Waals surface area contributed by atoms with E-state index in [0.29, 0.717) is 0 Å². The Kier molecular flexibility index (Phi) is 6.34. The molecule has 7 aromatic carbocycles. The van der Waals surface area contributed by atoms with Crippen molar-refractivity contribution in [1.82, 2.24) is 4.57 Å². The van der Waals surface area contributed by atoms with E-state index in [9.17, 15) is 0 Å². The molecule has 11 rings (SSSR count). The third-order valence-corrected chi connectivity index (χ3v) is 10.8. The van der Waals surface area contributed by atoms with Crippen LogP contribution in [0.5, 0.6) is 11.5 Å². The van der Waals surface area contributed by atoms with Crippen molar-refractivity contribution < 1.29 is 4.74 Å². The van der Waals surface area contributed by atoms with Crippen molar-refractivity contribution in [3.8, 4) is 39.4 Å². The van der Waals surface area contributed by atoms with Crippen molar-refractivity contribution in [2.45, 2.75) is 12.1 Å². The standard InChI is InChI=1S/C48H33N3O/c1-2-11-30(12-3-1)41-25-23-31-21-22-32-24-26-42(50-48(32)47(31)49-41)33-13-10-14-34(27-33)51-43-19-8-6-17-37(43)39-29-46-40(28-44(39)51)36-16-5-4-15-35(36)38-18-7-9-20-45(38)52-46/h1-29,41-42,49-50H. The Balaban J connectivity index is 1.02. The Hall–Kier alpha value is -6.78. The maximum absolute atomic E-state index is 6.72. The Morgan fingerprint density at radius 1 is 0.442 bits per heavy atom. The second-order valence-corrected chi connectivity index (χ2v) is 13.8. The summed E-state index contributed by atoms with van der Waals surface area (Å²) in [7, 11) is 0. The molecule has 1 aromatic heterocycles. The molecule has 246 valence electrons. The van der Waals surface area contributed by atoms with Crippen LogP contribution in [-0.2, 0) is 0 Å². The van der Waals surface area contributed by atoms with E-state index in [4.69, 9.17) is 4.74 Å². The maximum atomic E-state index is 6.72. The molecule has 0 spiro atoms. The number of ether oxygens (including phenoxy) is 1. The average Bonchev–Trinajstić information content (AvgIpc) is 3.46. The molecule has 0 saturated carbocycles. The highest BCUT2D eigenvalue weighted by Gasteiger charge is 2.26. The van der Waals surface area contributed by atoms with Gasteiger partial charge in [-0.15, -0.1) is 0 Å². The minimum atomic E-state index is 0.00461. The predicted molar refractivity (Wildman–Crippen MR) is 215 cm³/mol. The quantitative estimate of drug-likeness (QED) is 0.197. The van der Waals surface area contributed by atoms with E-state index in [2.05, 4.69) is 185 Å². The topological polar surface area (TPSA) is 38.2 Å². The number of fused-ring (bicyclic) bond motifs is 11. The summed E-state index contributed by atoms with van der Waals surface area (Å²) in [5, 5.41) is 10.1. The van der Waals surface area contributed by atoms with Crippen LogP contribution in [0.15, 0.2) is 164 Å². The van der Waals surface area contributed by atoms with Crippen molar-refractivity contribution in [1.29, 1.82) is 0 Å². The molecule has 0 radical (unpaired) electrons. The molecule has 0 aliphatic carbocycles. The smallest absolute Gasteiger partial charge is 0.136 e. The summed E-state index contributed by atoms with van der Waals surface area (Å²) < 4.78 is 9.13. The summed E-state index contributed by atoms with van der Waals surface area (Å²) >= 11 is 0. The van der Waals surface area contributed by atoms with Gasteiger partial charge < -0.3 is 19.9 Å². The van der Waals surface area contributed by atoms with Crippen LogP contribution in [0, 0.1) is 0 Å². The third kappa shape index (κ3) is 4.47. The lowest BCUT2D eigenvalue weighted by Crippen LogP contribution is -2.18. The Morgan fingerprint density at radius 3 is 1.87 bits per heavy atom. The van der Waals surface area contributed by atoms with Crippen LogP contribution in [0.2, 0.25) is 0 Å². The molecule has 3 aliphatic rings. The van der Waals surface area contributed by atoms with Crippen molar-refractivity contribution in [2.75, 3.05) is 10.6 Å². The molecule has 4 nitrogen and oxygen atoms in total. The Morgan fingerprint density at radius 2 is 1.08 bits per heavy atom. The van der Waals surface area contributed by atoms with Crippen LogP contribution < -0.4 is 15.4 Å². The van der Waals surface area contributed by atoms with E-state index in [1.54, 1.807) is 0 Å². The van der Waals surface area contributed by atoms with Gasteiger partial charge in [-0.05, 0) is 69.8 Å². The van der Waals surface area contributed by atoms with Crippen molar-refractivity contribution in [2.24, 2.45) is 0 Å². The average molecular weight is 668 g/mol. The number of hydrogen-bond donors (Lipinski definition) is 2. The van der Waals surface area contributed by atoms with Gasteiger partial charge in [0.2, 0.25) is 0 Å². The van der Waals surface area contributed by atoms with E-state index >= 15 is 0 Å². The van der Waals surface area contributed by atoms with Gasteiger partial charge in [-0.3, -0.25) is 0 Å². The first kappa shape index (κ1) is 29.0. The molecule has 0 bridgehead atoms. The number of nitrogens with one attached hydrogen (secondary N) is 2. The number of nitrogens with zero attached hydrogens (tertiary/aromatic N) is 1. The van der Waals surface area contributed by atoms with E-state index in [1.807, 2.05) is 6.07 Å². The summed E-state index contributed by atoms with van der Waals surface area (Å²) in [5.74, 6) is 1.75. The largest absolute Gasteiger partial charge is 0.456 e. The van der Waals surface area contributed by atoms with Crippen molar-refractivity contribution in [3.63, 3.8) is 0 Å². The molecule has 2 atom stereocenters. The minimum absolute atomic E-state index is 0.00461. The van der Waals surface area contributed by atoms with E-state index in [1.165, 1.54) is 44.2 Å². The summed E-state index contributed by atoms with van der Waals surface area (Å²) in [6, 6.07) is 54.4. The molecule has 0 amide bonds. The summed E-state index contributed by atoms with van der Waals surface area (Å²) in [6.07, 6.45) is 9.02. The maximum Gasteiger partial charge on any atom is 0.136 e. The zero-order chi connectivity index (χ0) is 34.2. The fourth-order valence-corrected chi connectivity index (χ4v) is 8.36. The number of aromatic nitrogens is 1. The Bertz CT molecular complexity index is 2790. The number of benzene rings is 7. The highest BCUT2D eigenvalue weighted by molar-refractivity contribution is 6.12. The fourth-order valence-electron chi connectivity index (χ4n) is 8.36. The van der Waals surface area contributed by atoms with E-state index < -0.39 is 0 Å². The van der Waals surface area contributed by atoms with Crippen LogP contribution in [0.3, 0.4) is 0 Å². The summed E-state index contributed by atoms with van der Waals surface area (Å²) in [5.41, 5.74) is 15.1. The van der Waals surface area contributed by atoms with Crippen LogP contribution in [0.25, 0.3) is 61.9 Å². The molecule has 0 fully saturated rings. The zero-order valence-corrected chi connectivity index (χ0v) is 28.3. The molecular weight excluding hydrogens is 635 g/mol. The minimum Gasteiger partial charge on any atom is -0.456 e. The number of hydrogen-bond acceptors (Lipinski definition) is 3. The van der Waals surface area contributed by atoms with Gasteiger partial charge in [0, 0.05) is 27.6 Å². The summed E-state index contributed by atoms with van der Waals surface area (Å²) in [4.78, 5) is 0. The van der Waals surface area contributed by atoms with Crippen LogP contribution in [-0.4, -0.2) is 4.57 Å². The van der Waals surface area contributed by atoms with Crippen molar-refractivity contribution >= 4 is 45.3 Å². The predicted octanol–water partition coefficient (Wildman–Crippen LogP) is 12.6. The molecule has 4 heteroatoms. The molecule has 4 heterocycles. The SMILES string of the molecule is C1=CC(c2ccccc2)Nc2c1ccc1c2NC(c2cccc(-n3c4ccccc4c4cc5c(cc43)-c3ccccc3-c3ccccc3O5)c2)C=C1. The van der Waals surface area contributed by atoms with Gasteiger partial charge in [0.25, 0.3) is 0 Å². The number of rotatable bonds is 3. The lowest BCUT2D eigenvalue weighted by atomic mass is 9.93. The van der Waals surface area contributed by atoms with Gasteiger partial charge in [0.1, 0.15) is 11.5 Å². The Labute approximate surface area is 302 Å². The van der Waals surface area contributed by atoms with Gasteiger partial charge in [-0.25, -0.2) is 0 Å². The highest BCUT2D eigenvalue weighted by atomic mass is 16.5. The van der Waals surface area contributed by atoms with Gasteiger partial charge in [-0.1, -0.05) is 140 Å². The zero-order valence-electron chi connectivity index (χ0n) is 28.3. The molecule has 0 saturated heterocycles. The first-order valence-electron chi connectivity index (χ1n) is 17.9. The second-order valence-electron chi connectivity index (χ2n) is 13.8. The van der Waals surface area contributed by atoms with Gasteiger partial charge in [0.15, 0.2) is 0 Å². The van der Waals surface area contributed by atoms with Crippen LogP contribution in [0.4, 0.5) is 11.4 Å². The fraction of sp³-hybridized carbons (Fsp3) is 0.0417. The van der Waals surface area contributed by atoms with Crippen LogP contribution >= 0.6 is 0 Å². The van der Waals surface area contributed by atoms with Gasteiger partial charge in [0.05, 0.1) is 34.5 Å². The molecule has 2 N–H and O–H groups in total. The second kappa shape index (κ2) is 11.4.